The SMILES string of the molecule is CC(C)CC(CCl)NS(=O)(=O)C(C)(C)C. The lowest BCUT2D eigenvalue weighted by atomic mass is 10.1. The van der Waals surface area contributed by atoms with Gasteiger partial charge in [-0.15, -0.1) is 11.6 Å². The van der Waals surface area contributed by atoms with E-state index in [2.05, 4.69) is 4.72 Å². The molecular formula is C10H22ClNO2S. The average molecular weight is 256 g/mol. The second-order valence-electron chi connectivity index (χ2n) is 5.21. The summed E-state index contributed by atoms with van der Waals surface area (Å²) in [7, 11) is -3.29. The Morgan fingerprint density at radius 3 is 2.00 bits per heavy atom. The minimum atomic E-state index is -3.29. The Bertz CT molecular complexity index is 280. The van der Waals surface area contributed by atoms with Crippen molar-refractivity contribution in [1.82, 2.24) is 4.72 Å². The molecule has 0 amide bonds. The van der Waals surface area contributed by atoms with Crippen molar-refractivity contribution in [3.05, 3.63) is 0 Å². The molecule has 0 bridgehead atoms. The molecule has 0 saturated carbocycles. The quantitative estimate of drug-likeness (QED) is 0.767. The summed E-state index contributed by atoms with van der Waals surface area (Å²) < 4.78 is 25.5. The highest BCUT2D eigenvalue weighted by atomic mass is 35.5. The summed E-state index contributed by atoms with van der Waals surface area (Å²) in [6.07, 6.45) is 0.763. The Morgan fingerprint density at radius 1 is 1.27 bits per heavy atom. The summed E-state index contributed by atoms with van der Waals surface area (Å²) in [6, 6.07) is -0.170. The van der Waals surface area contributed by atoms with Crippen LogP contribution in [0.4, 0.5) is 0 Å². The average Bonchev–Trinajstić information content (AvgIpc) is 1.99. The van der Waals surface area contributed by atoms with Crippen molar-refractivity contribution < 1.29 is 8.42 Å². The Hall–Kier alpha value is 0.200. The predicted molar refractivity (Wildman–Crippen MR) is 65.8 cm³/mol. The highest BCUT2D eigenvalue weighted by Crippen LogP contribution is 2.16. The zero-order valence-corrected chi connectivity index (χ0v) is 11.7. The van der Waals surface area contributed by atoms with Crippen LogP contribution in [0.3, 0.4) is 0 Å². The van der Waals surface area contributed by atoms with E-state index in [0.717, 1.165) is 6.42 Å². The third-order valence-electron chi connectivity index (χ3n) is 2.07. The Kier molecular flexibility index (Phi) is 5.58. The molecular weight excluding hydrogens is 234 g/mol. The highest BCUT2D eigenvalue weighted by molar-refractivity contribution is 7.90. The van der Waals surface area contributed by atoms with Gasteiger partial charge in [-0.2, -0.15) is 0 Å². The van der Waals surface area contributed by atoms with E-state index in [4.69, 9.17) is 11.6 Å². The lowest BCUT2D eigenvalue weighted by Crippen LogP contribution is -2.45. The monoisotopic (exact) mass is 255 g/mol. The van der Waals surface area contributed by atoms with E-state index in [-0.39, 0.29) is 6.04 Å². The third-order valence-corrected chi connectivity index (χ3v) is 4.70. The van der Waals surface area contributed by atoms with Gasteiger partial charge in [-0.05, 0) is 33.1 Å². The van der Waals surface area contributed by atoms with E-state index in [1.165, 1.54) is 0 Å². The van der Waals surface area contributed by atoms with Gasteiger partial charge in [0.1, 0.15) is 0 Å². The smallest absolute Gasteiger partial charge is 0.212 e. The normalized spacial score (nSPS) is 15.7. The van der Waals surface area contributed by atoms with Crippen LogP contribution in [0.5, 0.6) is 0 Å². The summed E-state index contributed by atoms with van der Waals surface area (Å²) in [4.78, 5) is 0. The number of sulfonamides is 1. The molecule has 0 aromatic rings. The van der Waals surface area contributed by atoms with E-state index < -0.39 is 14.8 Å². The first-order chi connectivity index (χ1) is 6.60. The maximum Gasteiger partial charge on any atom is 0.216 e. The van der Waals surface area contributed by atoms with Crippen LogP contribution in [0, 0.1) is 5.92 Å². The van der Waals surface area contributed by atoms with E-state index in [9.17, 15) is 8.42 Å². The van der Waals surface area contributed by atoms with Gasteiger partial charge in [-0.3, -0.25) is 0 Å². The van der Waals surface area contributed by atoms with Crippen LogP contribution in [0.15, 0.2) is 0 Å². The van der Waals surface area contributed by atoms with Crippen LogP contribution in [0.25, 0.3) is 0 Å². The van der Waals surface area contributed by atoms with Gasteiger partial charge in [0.05, 0.1) is 4.75 Å². The minimum Gasteiger partial charge on any atom is -0.212 e. The van der Waals surface area contributed by atoms with Crippen LogP contribution >= 0.6 is 11.6 Å². The molecule has 1 unspecified atom stereocenters. The minimum absolute atomic E-state index is 0.170. The first kappa shape index (κ1) is 15.2. The Morgan fingerprint density at radius 2 is 1.73 bits per heavy atom. The molecule has 0 aliphatic carbocycles. The Balaban J connectivity index is 4.56. The van der Waals surface area contributed by atoms with Crippen LogP contribution < -0.4 is 4.72 Å². The van der Waals surface area contributed by atoms with Crippen molar-refractivity contribution in [2.75, 3.05) is 5.88 Å². The molecule has 1 atom stereocenters. The predicted octanol–water partition coefficient (Wildman–Crippen LogP) is 2.36. The van der Waals surface area contributed by atoms with Gasteiger partial charge in [0.25, 0.3) is 0 Å². The summed E-state index contributed by atoms with van der Waals surface area (Å²) >= 11 is 5.74. The van der Waals surface area contributed by atoms with Gasteiger partial charge in [-0.25, -0.2) is 13.1 Å². The molecule has 0 aliphatic heterocycles. The largest absolute Gasteiger partial charge is 0.216 e. The van der Waals surface area contributed by atoms with E-state index >= 15 is 0 Å². The maximum absolute atomic E-state index is 11.8. The standard InChI is InChI=1S/C10H22ClNO2S/c1-8(2)6-9(7-11)12-15(13,14)10(3,4)5/h8-9,12H,6-7H2,1-5H3. The summed E-state index contributed by atoms with van der Waals surface area (Å²) in [5, 5.41) is 0. The lowest BCUT2D eigenvalue weighted by molar-refractivity contribution is 0.474. The molecule has 0 saturated heterocycles. The van der Waals surface area contributed by atoms with Gasteiger partial charge in [0, 0.05) is 11.9 Å². The van der Waals surface area contributed by atoms with Gasteiger partial charge in [0.2, 0.25) is 10.0 Å². The van der Waals surface area contributed by atoms with Crippen molar-refractivity contribution in [2.45, 2.75) is 51.8 Å². The number of rotatable bonds is 5. The number of halogens is 1. The van der Waals surface area contributed by atoms with Crippen LogP contribution in [0.2, 0.25) is 0 Å². The van der Waals surface area contributed by atoms with E-state index in [0.29, 0.717) is 11.8 Å². The first-order valence-electron chi connectivity index (χ1n) is 5.18. The molecule has 3 nitrogen and oxygen atoms in total. The second kappa shape index (κ2) is 5.51. The molecule has 0 aliphatic rings. The zero-order chi connectivity index (χ0) is 12.3. The molecule has 15 heavy (non-hydrogen) atoms. The molecule has 0 rings (SSSR count). The van der Waals surface area contributed by atoms with Gasteiger partial charge in [0.15, 0.2) is 0 Å². The van der Waals surface area contributed by atoms with E-state index in [1.54, 1.807) is 20.8 Å². The summed E-state index contributed by atoms with van der Waals surface area (Å²) in [5.74, 6) is 0.740. The second-order valence-corrected chi connectivity index (χ2v) is 7.99. The Labute approximate surface area is 98.6 Å². The van der Waals surface area contributed by atoms with Crippen LogP contribution in [-0.2, 0) is 10.0 Å². The number of hydrogen-bond acceptors (Lipinski definition) is 2. The molecule has 0 aromatic heterocycles. The van der Waals surface area contributed by atoms with Crippen molar-refractivity contribution >= 4 is 21.6 Å². The topological polar surface area (TPSA) is 46.2 Å². The van der Waals surface area contributed by atoms with Gasteiger partial charge < -0.3 is 0 Å². The van der Waals surface area contributed by atoms with Gasteiger partial charge in [-0.1, -0.05) is 13.8 Å². The van der Waals surface area contributed by atoms with Crippen molar-refractivity contribution in [1.29, 1.82) is 0 Å². The molecule has 1 N–H and O–H groups in total. The molecule has 0 spiro atoms. The molecule has 0 heterocycles. The molecule has 0 fully saturated rings. The maximum atomic E-state index is 11.8. The fourth-order valence-electron chi connectivity index (χ4n) is 1.11. The number of hydrogen-bond donors (Lipinski definition) is 1. The highest BCUT2D eigenvalue weighted by Gasteiger charge is 2.31. The van der Waals surface area contributed by atoms with Crippen LogP contribution in [0.1, 0.15) is 41.0 Å². The first-order valence-corrected chi connectivity index (χ1v) is 7.19. The fraction of sp³-hybridized carbons (Fsp3) is 1.00. The van der Waals surface area contributed by atoms with E-state index in [1.807, 2.05) is 13.8 Å². The van der Waals surface area contributed by atoms with Crippen molar-refractivity contribution in [3.8, 4) is 0 Å². The molecule has 92 valence electrons. The van der Waals surface area contributed by atoms with Crippen LogP contribution in [-0.4, -0.2) is 25.1 Å². The summed E-state index contributed by atoms with van der Waals surface area (Å²) in [5.41, 5.74) is 0. The fourth-order valence-corrected chi connectivity index (χ4v) is 2.37. The molecule has 0 radical (unpaired) electrons. The molecule has 0 aromatic carbocycles. The summed E-state index contributed by atoms with van der Waals surface area (Å²) in [6.45, 7) is 9.12. The van der Waals surface area contributed by atoms with Crippen molar-refractivity contribution in [3.63, 3.8) is 0 Å². The molecule has 5 heteroatoms. The van der Waals surface area contributed by atoms with Crippen molar-refractivity contribution in [2.24, 2.45) is 5.92 Å². The lowest BCUT2D eigenvalue weighted by Gasteiger charge is -2.25. The third kappa shape index (κ3) is 5.18. The number of nitrogens with one attached hydrogen (secondary N) is 1. The number of alkyl halides is 1. The van der Waals surface area contributed by atoms with Gasteiger partial charge >= 0.3 is 0 Å². The zero-order valence-electron chi connectivity index (χ0n) is 10.2.